The summed E-state index contributed by atoms with van der Waals surface area (Å²) in [5.74, 6) is 0.366. The second-order valence-corrected chi connectivity index (χ2v) is 8.26. The van der Waals surface area contributed by atoms with Crippen molar-refractivity contribution in [2.24, 2.45) is 11.7 Å². The molecule has 0 saturated heterocycles. The number of nitro groups is 1. The molecule has 0 aliphatic heterocycles. The Kier molecular flexibility index (Phi) is 6.52. The van der Waals surface area contributed by atoms with E-state index >= 15 is 0 Å². The second kappa shape index (κ2) is 9.07. The van der Waals surface area contributed by atoms with Gasteiger partial charge in [-0.05, 0) is 36.0 Å². The van der Waals surface area contributed by atoms with Crippen LogP contribution in [-0.2, 0) is 0 Å². The van der Waals surface area contributed by atoms with E-state index in [1.165, 1.54) is 19.3 Å². The molecule has 6 heteroatoms. The van der Waals surface area contributed by atoms with Crippen molar-refractivity contribution in [1.29, 1.82) is 5.41 Å². The van der Waals surface area contributed by atoms with Crippen LogP contribution >= 0.6 is 0 Å². The quantitative estimate of drug-likeness (QED) is 0.287. The van der Waals surface area contributed by atoms with Gasteiger partial charge in [0.2, 0.25) is 0 Å². The monoisotopic (exact) mass is 394 g/mol. The topological polar surface area (TPSA) is 96.2 Å². The Morgan fingerprint density at radius 3 is 2.52 bits per heavy atom. The summed E-state index contributed by atoms with van der Waals surface area (Å²) in [6.45, 7) is 5.10. The fraction of sp³-hybridized carbons (Fsp3) is 0.435. The first-order valence-electron chi connectivity index (χ1n) is 10.4. The molecule has 0 radical (unpaired) electrons. The van der Waals surface area contributed by atoms with Gasteiger partial charge in [0.25, 0.3) is 5.69 Å². The first kappa shape index (κ1) is 20.8. The number of hydrogen-bond acceptors (Lipinski definition) is 4. The van der Waals surface area contributed by atoms with E-state index in [0.29, 0.717) is 28.8 Å². The zero-order valence-electron chi connectivity index (χ0n) is 17.2. The van der Waals surface area contributed by atoms with Crippen molar-refractivity contribution < 1.29 is 4.92 Å². The first-order chi connectivity index (χ1) is 13.9. The van der Waals surface area contributed by atoms with Crippen molar-refractivity contribution in [2.45, 2.75) is 52.0 Å². The molecule has 2 aromatic carbocycles. The van der Waals surface area contributed by atoms with E-state index in [4.69, 9.17) is 11.1 Å². The average molecular weight is 395 g/mol. The van der Waals surface area contributed by atoms with Gasteiger partial charge in [0, 0.05) is 24.2 Å². The highest BCUT2D eigenvalue weighted by atomic mass is 16.6. The minimum atomic E-state index is -0.286. The van der Waals surface area contributed by atoms with Crippen molar-refractivity contribution in [3.05, 3.63) is 58.1 Å². The second-order valence-electron chi connectivity index (χ2n) is 8.26. The molecule has 154 valence electrons. The molecule has 1 fully saturated rings. The van der Waals surface area contributed by atoms with Crippen LogP contribution in [-0.4, -0.2) is 23.3 Å². The number of amidine groups is 1. The Morgan fingerprint density at radius 2 is 1.90 bits per heavy atom. The van der Waals surface area contributed by atoms with Gasteiger partial charge in [-0.15, -0.1) is 0 Å². The van der Waals surface area contributed by atoms with Crippen molar-refractivity contribution in [1.82, 2.24) is 0 Å². The summed E-state index contributed by atoms with van der Waals surface area (Å²) in [5.41, 5.74) is 8.56. The normalized spacial score (nSPS) is 14.7. The fourth-order valence-electron chi connectivity index (χ4n) is 4.28. The minimum Gasteiger partial charge on any atom is -0.384 e. The smallest absolute Gasteiger partial charge is 0.293 e. The Morgan fingerprint density at radius 1 is 1.21 bits per heavy atom. The van der Waals surface area contributed by atoms with E-state index < -0.39 is 0 Å². The molecule has 1 aliphatic rings. The molecular formula is C23H30N4O2. The molecule has 0 unspecified atom stereocenters. The summed E-state index contributed by atoms with van der Waals surface area (Å²) < 4.78 is 0. The lowest BCUT2D eigenvalue weighted by Crippen LogP contribution is -2.39. The molecule has 0 heterocycles. The van der Waals surface area contributed by atoms with Gasteiger partial charge in [0.15, 0.2) is 0 Å². The maximum atomic E-state index is 12.0. The van der Waals surface area contributed by atoms with Gasteiger partial charge >= 0.3 is 0 Å². The van der Waals surface area contributed by atoms with E-state index in [0.717, 1.165) is 24.9 Å². The summed E-state index contributed by atoms with van der Waals surface area (Å²) in [5, 5.41) is 19.8. The predicted octanol–water partition coefficient (Wildman–Crippen LogP) is 5.34. The molecule has 6 nitrogen and oxygen atoms in total. The number of anilines is 1. The molecule has 3 rings (SSSR count). The van der Waals surface area contributed by atoms with Gasteiger partial charge in [-0.3, -0.25) is 15.5 Å². The lowest BCUT2D eigenvalue weighted by atomic mass is 9.92. The molecular weight excluding hydrogens is 364 g/mol. The Hall–Kier alpha value is -2.89. The summed E-state index contributed by atoms with van der Waals surface area (Å²) >= 11 is 0. The summed E-state index contributed by atoms with van der Waals surface area (Å²) in [7, 11) is 0. The molecule has 1 aliphatic carbocycles. The Bertz CT molecular complexity index is 888. The van der Waals surface area contributed by atoms with Gasteiger partial charge in [-0.2, -0.15) is 0 Å². The highest BCUT2D eigenvalue weighted by Gasteiger charge is 2.28. The van der Waals surface area contributed by atoms with E-state index in [9.17, 15) is 10.1 Å². The SMILES string of the molecule is CC(C)CN(c1ccc(-c2ccccc2C(=N)N)cc1[N+](=O)[O-])C1CCCCC1. The van der Waals surface area contributed by atoms with Crippen LogP contribution in [0.15, 0.2) is 42.5 Å². The third-order valence-corrected chi connectivity index (χ3v) is 5.59. The van der Waals surface area contributed by atoms with Crippen LogP contribution in [0.25, 0.3) is 11.1 Å². The van der Waals surface area contributed by atoms with Crippen LogP contribution in [0.2, 0.25) is 0 Å². The number of benzene rings is 2. The Balaban J connectivity index is 2.07. The third kappa shape index (κ3) is 4.75. The maximum absolute atomic E-state index is 12.0. The molecule has 3 N–H and O–H groups in total. The lowest BCUT2D eigenvalue weighted by molar-refractivity contribution is -0.384. The average Bonchev–Trinajstić information content (AvgIpc) is 2.72. The zero-order valence-corrected chi connectivity index (χ0v) is 17.2. The third-order valence-electron chi connectivity index (χ3n) is 5.59. The maximum Gasteiger partial charge on any atom is 0.293 e. The summed E-state index contributed by atoms with van der Waals surface area (Å²) in [6.07, 6.45) is 5.76. The van der Waals surface area contributed by atoms with E-state index in [-0.39, 0.29) is 16.4 Å². The minimum absolute atomic E-state index is 0.0454. The van der Waals surface area contributed by atoms with Crippen LogP contribution in [0.1, 0.15) is 51.5 Å². The van der Waals surface area contributed by atoms with Gasteiger partial charge < -0.3 is 10.6 Å². The highest BCUT2D eigenvalue weighted by Crippen LogP contribution is 2.37. The zero-order chi connectivity index (χ0) is 21.0. The van der Waals surface area contributed by atoms with Crippen molar-refractivity contribution in [3.63, 3.8) is 0 Å². The number of nitrogens with zero attached hydrogens (tertiary/aromatic N) is 2. The molecule has 1 saturated carbocycles. The number of nitrogen functional groups attached to an aromatic ring is 1. The van der Waals surface area contributed by atoms with Crippen molar-refractivity contribution in [3.8, 4) is 11.1 Å². The number of rotatable bonds is 7. The molecule has 2 aromatic rings. The largest absolute Gasteiger partial charge is 0.384 e. The summed E-state index contributed by atoms with van der Waals surface area (Å²) in [6, 6.07) is 13.1. The first-order valence-corrected chi connectivity index (χ1v) is 10.4. The number of nitro benzene ring substituents is 1. The molecule has 0 aromatic heterocycles. The van der Waals surface area contributed by atoms with Gasteiger partial charge in [-0.1, -0.05) is 63.4 Å². The van der Waals surface area contributed by atoms with Gasteiger partial charge in [0.05, 0.1) is 4.92 Å². The molecule has 0 amide bonds. The van der Waals surface area contributed by atoms with Crippen LogP contribution < -0.4 is 10.6 Å². The molecule has 0 atom stereocenters. The number of nitrogens with two attached hydrogens (primary N) is 1. The van der Waals surface area contributed by atoms with Gasteiger partial charge in [0.1, 0.15) is 11.5 Å². The number of hydrogen-bond donors (Lipinski definition) is 2. The Labute approximate surface area is 172 Å². The molecule has 0 bridgehead atoms. The predicted molar refractivity (Wildman–Crippen MR) is 119 cm³/mol. The van der Waals surface area contributed by atoms with Crippen molar-refractivity contribution in [2.75, 3.05) is 11.4 Å². The van der Waals surface area contributed by atoms with Crippen molar-refractivity contribution >= 4 is 17.2 Å². The molecule has 29 heavy (non-hydrogen) atoms. The molecule has 0 spiro atoms. The standard InChI is InChI=1S/C23H30N4O2/c1-16(2)15-26(18-8-4-3-5-9-18)21-13-12-17(14-22(21)27(28)29)19-10-6-7-11-20(19)23(24)25/h6-7,10-14,16,18H,3-5,8-9,15H2,1-2H3,(H3,24,25). The van der Waals surface area contributed by atoms with E-state index in [1.54, 1.807) is 12.1 Å². The van der Waals surface area contributed by atoms with E-state index in [2.05, 4.69) is 18.7 Å². The van der Waals surface area contributed by atoms with Crippen LogP contribution in [0, 0.1) is 21.4 Å². The van der Waals surface area contributed by atoms with Crippen LogP contribution in [0.4, 0.5) is 11.4 Å². The number of nitrogens with one attached hydrogen (secondary N) is 1. The fourth-order valence-corrected chi connectivity index (χ4v) is 4.28. The highest BCUT2D eigenvalue weighted by molar-refractivity contribution is 6.01. The van der Waals surface area contributed by atoms with Crippen LogP contribution in [0.3, 0.4) is 0 Å². The lowest BCUT2D eigenvalue weighted by Gasteiger charge is -2.37. The summed E-state index contributed by atoms with van der Waals surface area (Å²) in [4.78, 5) is 14.0. The van der Waals surface area contributed by atoms with Crippen LogP contribution in [0.5, 0.6) is 0 Å². The van der Waals surface area contributed by atoms with Gasteiger partial charge in [-0.25, -0.2) is 0 Å². The van der Waals surface area contributed by atoms with E-state index in [1.807, 2.05) is 30.3 Å².